The van der Waals surface area contributed by atoms with Crippen molar-refractivity contribution >= 4 is 17.8 Å². The van der Waals surface area contributed by atoms with Crippen LogP contribution in [0, 0.1) is 0 Å². The molecule has 0 aliphatic rings. The Labute approximate surface area is 174 Å². The van der Waals surface area contributed by atoms with E-state index in [0.29, 0.717) is 37.5 Å². The van der Waals surface area contributed by atoms with E-state index in [9.17, 15) is 0 Å². The van der Waals surface area contributed by atoms with Crippen molar-refractivity contribution in [2.75, 3.05) is 16.0 Å². The fourth-order valence-corrected chi connectivity index (χ4v) is 2.66. The van der Waals surface area contributed by atoms with E-state index in [4.69, 9.17) is 0 Å². The molecule has 4 rings (SSSR count). The minimum atomic E-state index is 0.469. The number of aromatic nitrogens is 6. The van der Waals surface area contributed by atoms with E-state index in [1.54, 1.807) is 37.2 Å². The quantitative estimate of drug-likeness (QED) is 0.391. The third kappa shape index (κ3) is 5.68. The highest BCUT2D eigenvalue weighted by Crippen LogP contribution is 2.13. The molecule has 4 heterocycles. The molecule has 150 valence electrons. The SMILES string of the molecule is c1cncc(CNc2nc(NCc3cccnc3)nc(NCc3cccnc3)n2)c1. The maximum atomic E-state index is 4.48. The van der Waals surface area contributed by atoms with Gasteiger partial charge in [-0.05, 0) is 34.9 Å². The zero-order valence-electron chi connectivity index (χ0n) is 16.2. The highest BCUT2D eigenvalue weighted by Gasteiger charge is 2.07. The molecular weight excluding hydrogens is 378 g/mol. The van der Waals surface area contributed by atoms with Gasteiger partial charge >= 0.3 is 0 Å². The molecule has 0 bridgehead atoms. The van der Waals surface area contributed by atoms with Gasteiger partial charge in [-0.2, -0.15) is 15.0 Å². The van der Waals surface area contributed by atoms with Gasteiger partial charge in [0.1, 0.15) is 0 Å². The lowest BCUT2D eigenvalue weighted by molar-refractivity contribution is 0.955. The molecule has 0 aliphatic carbocycles. The fourth-order valence-electron chi connectivity index (χ4n) is 2.66. The first-order valence-corrected chi connectivity index (χ1v) is 9.49. The molecular formula is C21H21N9. The van der Waals surface area contributed by atoms with E-state index in [1.807, 2.05) is 36.4 Å². The van der Waals surface area contributed by atoms with Gasteiger partial charge in [-0.25, -0.2) is 0 Å². The predicted octanol–water partition coefficient (Wildman–Crippen LogP) is 2.89. The average Bonchev–Trinajstić information content (AvgIpc) is 2.82. The van der Waals surface area contributed by atoms with Crippen LogP contribution in [0.5, 0.6) is 0 Å². The Morgan fingerprint density at radius 3 is 1.10 bits per heavy atom. The first-order chi connectivity index (χ1) is 14.8. The van der Waals surface area contributed by atoms with Gasteiger partial charge in [-0.15, -0.1) is 0 Å². The summed E-state index contributed by atoms with van der Waals surface area (Å²) in [6, 6.07) is 11.7. The van der Waals surface area contributed by atoms with E-state index in [0.717, 1.165) is 16.7 Å². The third-order valence-corrected chi connectivity index (χ3v) is 4.16. The van der Waals surface area contributed by atoms with Gasteiger partial charge in [0, 0.05) is 56.8 Å². The van der Waals surface area contributed by atoms with Gasteiger partial charge in [0.05, 0.1) is 0 Å². The van der Waals surface area contributed by atoms with Crippen LogP contribution in [0.25, 0.3) is 0 Å². The van der Waals surface area contributed by atoms with Crippen LogP contribution < -0.4 is 16.0 Å². The van der Waals surface area contributed by atoms with Crippen molar-refractivity contribution < 1.29 is 0 Å². The van der Waals surface area contributed by atoms with Crippen molar-refractivity contribution in [3.8, 4) is 0 Å². The van der Waals surface area contributed by atoms with Crippen molar-refractivity contribution in [1.29, 1.82) is 0 Å². The number of nitrogens with one attached hydrogen (secondary N) is 3. The Balaban J connectivity index is 1.48. The molecule has 0 radical (unpaired) electrons. The Kier molecular flexibility index (Phi) is 6.32. The molecule has 30 heavy (non-hydrogen) atoms. The van der Waals surface area contributed by atoms with Crippen LogP contribution in [0.1, 0.15) is 16.7 Å². The molecule has 0 fully saturated rings. The Morgan fingerprint density at radius 2 is 0.833 bits per heavy atom. The number of pyridine rings is 3. The molecule has 0 atom stereocenters. The van der Waals surface area contributed by atoms with E-state index >= 15 is 0 Å². The standard InChI is InChI=1S/C21H21N9/c1-4-16(10-22-7-1)13-25-19-28-20(26-14-17-5-2-8-23-11-17)30-21(29-19)27-15-18-6-3-9-24-12-18/h1-12H,13-15H2,(H3,25,26,27,28,29,30). The summed E-state index contributed by atoms with van der Waals surface area (Å²) in [6.45, 7) is 1.67. The molecule has 0 unspecified atom stereocenters. The van der Waals surface area contributed by atoms with Crippen molar-refractivity contribution in [3.63, 3.8) is 0 Å². The summed E-state index contributed by atoms with van der Waals surface area (Å²) in [5.74, 6) is 1.41. The summed E-state index contributed by atoms with van der Waals surface area (Å²) in [7, 11) is 0. The summed E-state index contributed by atoms with van der Waals surface area (Å²) in [6.07, 6.45) is 10.6. The Hall–Kier alpha value is -4.14. The van der Waals surface area contributed by atoms with Crippen molar-refractivity contribution in [3.05, 3.63) is 90.3 Å². The summed E-state index contributed by atoms with van der Waals surface area (Å²) in [4.78, 5) is 25.8. The number of hydrogen-bond acceptors (Lipinski definition) is 9. The molecule has 0 saturated heterocycles. The van der Waals surface area contributed by atoms with E-state index < -0.39 is 0 Å². The molecule has 0 spiro atoms. The zero-order chi connectivity index (χ0) is 20.4. The molecule has 9 heteroatoms. The van der Waals surface area contributed by atoms with Crippen LogP contribution in [-0.4, -0.2) is 29.9 Å². The van der Waals surface area contributed by atoms with Crippen molar-refractivity contribution in [2.24, 2.45) is 0 Å². The number of hydrogen-bond donors (Lipinski definition) is 3. The third-order valence-electron chi connectivity index (χ3n) is 4.16. The first kappa shape index (κ1) is 19.2. The van der Waals surface area contributed by atoms with Crippen LogP contribution >= 0.6 is 0 Å². The smallest absolute Gasteiger partial charge is 0.229 e. The predicted molar refractivity (Wildman–Crippen MR) is 115 cm³/mol. The van der Waals surface area contributed by atoms with Crippen molar-refractivity contribution in [1.82, 2.24) is 29.9 Å². The summed E-state index contributed by atoms with van der Waals surface area (Å²) in [5.41, 5.74) is 3.10. The lowest BCUT2D eigenvalue weighted by atomic mass is 10.3. The van der Waals surface area contributed by atoms with E-state index in [2.05, 4.69) is 45.9 Å². The Morgan fingerprint density at radius 1 is 0.500 bits per heavy atom. The van der Waals surface area contributed by atoms with Gasteiger partial charge < -0.3 is 16.0 Å². The van der Waals surface area contributed by atoms with Gasteiger partial charge in [0.2, 0.25) is 17.8 Å². The van der Waals surface area contributed by atoms with Gasteiger partial charge in [0.25, 0.3) is 0 Å². The monoisotopic (exact) mass is 399 g/mol. The van der Waals surface area contributed by atoms with Crippen LogP contribution in [0.4, 0.5) is 17.8 Å². The van der Waals surface area contributed by atoms with E-state index in [1.165, 1.54) is 0 Å². The van der Waals surface area contributed by atoms with Crippen LogP contribution in [-0.2, 0) is 19.6 Å². The molecule has 0 aromatic carbocycles. The zero-order valence-corrected chi connectivity index (χ0v) is 16.2. The molecule has 0 amide bonds. The number of anilines is 3. The molecule has 4 aromatic rings. The Bertz CT molecular complexity index is 895. The number of nitrogens with zero attached hydrogens (tertiary/aromatic N) is 6. The topological polar surface area (TPSA) is 113 Å². The molecule has 9 nitrogen and oxygen atoms in total. The molecule has 0 aliphatic heterocycles. The van der Waals surface area contributed by atoms with Crippen LogP contribution in [0.2, 0.25) is 0 Å². The summed E-state index contributed by atoms with van der Waals surface area (Å²) < 4.78 is 0. The molecule has 0 saturated carbocycles. The summed E-state index contributed by atoms with van der Waals surface area (Å²) in [5, 5.41) is 9.69. The van der Waals surface area contributed by atoms with E-state index in [-0.39, 0.29) is 0 Å². The minimum absolute atomic E-state index is 0.469. The first-order valence-electron chi connectivity index (χ1n) is 9.49. The normalized spacial score (nSPS) is 10.4. The molecule has 3 N–H and O–H groups in total. The second-order valence-electron chi connectivity index (χ2n) is 6.45. The highest BCUT2D eigenvalue weighted by molar-refractivity contribution is 5.43. The maximum absolute atomic E-state index is 4.48. The van der Waals surface area contributed by atoms with Gasteiger partial charge in [-0.3, -0.25) is 15.0 Å². The number of rotatable bonds is 9. The lowest BCUT2D eigenvalue weighted by Gasteiger charge is -2.11. The summed E-state index contributed by atoms with van der Waals surface area (Å²) >= 11 is 0. The van der Waals surface area contributed by atoms with Gasteiger partial charge in [0.15, 0.2) is 0 Å². The fraction of sp³-hybridized carbons (Fsp3) is 0.143. The van der Waals surface area contributed by atoms with Crippen molar-refractivity contribution in [2.45, 2.75) is 19.6 Å². The lowest BCUT2D eigenvalue weighted by Crippen LogP contribution is -2.12. The largest absolute Gasteiger partial charge is 0.350 e. The second-order valence-corrected chi connectivity index (χ2v) is 6.45. The maximum Gasteiger partial charge on any atom is 0.229 e. The average molecular weight is 399 g/mol. The minimum Gasteiger partial charge on any atom is -0.350 e. The van der Waals surface area contributed by atoms with Crippen LogP contribution in [0.3, 0.4) is 0 Å². The molecule has 4 aromatic heterocycles. The van der Waals surface area contributed by atoms with Crippen LogP contribution in [0.15, 0.2) is 73.6 Å². The highest BCUT2D eigenvalue weighted by atomic mass is 15.3. The van der Waals surface area contributed by atoms with Gasteiger partial charge in [-0.1, -0.05) is 18.2 Å². The second kappa shape index (κ2) is 9.87.